The van der Waals surface area contributed by atoms with E-state index in [2.05, 4.69) is 24.1 Å². The summed E-state index contributed by atoms with van der Waals surface area (Å²) >= 11 is 0. The van der Waals surface area contributed by atoms with Crippen LogP contribution in [0.5, 0.6) is 0 Å². The first kappa shape index (κ1) is 13.6. The molecule has 1 aliphatic carbocycles. The summed E-state index contributed by atoms with van der Waals surface area (Å²) in [5.74, 6) is 6.43. The third kappa shape index (κ3) is 4.11. The maximum atomic E-state index is 12.0. The minimum absolute atomic E-state index is 0.0192. The number of amides is 1. The molecule has 1 saturated carbocycles. The Bertz CT molecular complexity index is 492. The van der Waals surface area contributed by atoms with Crippen molar-refractivity contribution in [2.75, 3.05) is 6.61 Å². The van der Waals surface area contributed by atoms with Gasteiger partial charge in [-0.25, -0.2) is 0 Å². The van der Waals surface area contributed by atoms with E-state index >= 15 is 0 Å². The fraction of sp³-hybridized carbons (Fsp3) is 0.438. The Kier molecular flexibility index (Phi) is 4.59. The molecule has 0 radical (unpaired) electrons. The number of benzene rings is 1. The van der Waals surface area contributed by atoms with Crippen LogP contribution in [-0.2, 0) is 0 Å². The molecule has 2 rings (SSSR count). The zero-order valence-corrected chi connectivity index (χ0v) is 11.1. The molecule has 0 aliphatic heterocycles. The van der Waals surface area contributed by atoms with Gasteiger partial charge >= 0.3 is 0 Å². The Morgan fingerprint density at radius 2 is 2.11 bits per heavy atom. The van der Waals surface area contributed by atoms with Crippen molar-refractivity contribution < 1.29 is 9.90 Å². The van der Waals surface area contributed by atoms with Gasteiger partial charge < -0.3 is 10.4 Å². The van der Waals surface area contributed by atoms with E-state index in [1.165, 1.54) is 12.8 Å². The fourth-order valence-corrected chi connectivity index (χ4v) is 1.93. The number of aliphatic hydroxyl groups is 1. The molecule has 3 nitrogen and oxygen atoms in total. The number of hydrogen-bond acceptors (Lipinski definition) is 2. The molecule has 3 heteroatoms. The van der Waals surface area contributed by atoms with Gasteiger partial charge in [-0.1, -0.05) is 11.8 Å². The lowest BCUT2D eigenvalue weighted by Gasteiger charge is -2.12. The molecule has 19 heavy (non-hydrogen) atoms. The molecule has 0 saturated heterocycles. The van der Waals surface area contributed by atoms with Crippen molar-refractivity contribution >= 4 is 5.91 Å². The highest BCUT2D eigenvalue weighted by molar-refractivity contribution is 5.94. The van der Waals surface area contributed by atoms with E-state index in [-0.39, 0.29) is 18.6 Å². The minimum atomic E-state index is -0.0192. The molecule has 1 fully saturated rings. The van der Waals surface area contributed by atoms with Gasteiger partial charge in [0.1, 0.15) is 0 Å². The van der Waals surface area contributed by atoms with E-state index in [1.54, 1.807) is 12.1 Å². The zero-order chi connectivity index (χ0) is 13.7. The Morgan fingerprint density at radius 3 is 2.68 bits per heavy atom. The number of carbonyl (C=O) groups is 1. The second kappa shape index (κ2) is 6.40. The largest absolute Gasteiger partial charge is 0.395 e. The highest BCUT2D eigenvalue weighted by atomic mass is 16.2. The van der Waals surface area contributed by atoms with Crippen molar-refractivity contribution in [3.63, 3.8) is 0 Å². The number of nitrogens with one attached hydrogen (secondary N) is 1. The van der Waals surface area contributed by atoms with Crippen LogP contribution in [0.1, 0.15) is 42.1 Å². The highest BCUT2D eigenvalue weighted by Crippen LogP contribution is 2.32. The van der Waals surface area contributed by atoms with E-state index in [0.29, 0.717) is 17.9 Å². The van der Waals surface area contributed by atoms with Gasteiger partial charge in [-0.05, 0) is 49.9 Å². The van der Waals surface area contributed by atoms with Crippen LogP contribution in [-0.4, -0.2) is 23.7 Å². The van der Waals surface area contributed by atoms with Crippen LogP contribution in [0.2, 0.25) is 0 Å². The van der Waals surface area contributed by atoms with Gasteiger partial charge in [-0.2, -0.15) is 0 Å². The minimum Gasteiger partial charge on any atom is -0.395 e. The summed E-state index contributed by atoms with van der Waals surface area (Å²) in [6.07, 6.45) is 2.92. The number of aliphatic hydroxyl groups excluding tert-OH is 1. The predicted octanol–water partition coefficient (Wildman–Crippen LogP) is 1.95. The molecule has 1 aromatic rings. The average molecular weight is 257 g/mol. The van der Waals surface area contributed by atoms with Gasteiger partial charge in [-0.3, -0.25) is 4.79 Å². The molecule has 1 amide bonds. The normalized spacial score (nSPS) is 15.3. The van der Waals surface area contributed by atoms with Gasteiger partial charge in [0.25, 0.3) is 5.91 Å². The van der Waals surface area contributed by atoms with Gasteiger partial charge in [0, 0.05) is 23.6 Å². The topological polar surface area (TPSA) is 49.3 Å². The molecule has 100 valence electrons. The van der Waals surface area contributed by atoms with Gasteiger partial charge in [0.15, 0.2) is 0 Å². The quantitative estimate of drug-likeness (QED) is 0.810. The second-order valence-electron chi connectivity index (χ2n) is 4.95. The lowest BCUT2D eigenvalue weighted by Crippen LogP contribution is -2.33. The van der Waals surface area contributed by atoms with Gasteiger partial charge in [0.05, 0.1) is 6.61 Å². The molecule has 1 atom stereocenters. The Labute approximate surface area is 114 Å². The standard InChI is InChI=1S/C16H19NO2/c1-12(14-9-10-14)17-16(19)15-7-5-13(6-8-15)4-2-3-11-18/h5-8,12,14,18H,3,9-11H2,1H3,(H,17,19). The van der Waals surface area contributed by atoms with Crippen molar-refractivity contribution in [1.82, 2.24) is 5.32 Å². The van der Waals surface area contributed by atoms with Crippen molar-refractivity contribution in [2.24, 2.45) is 5.92 Å². The number of rotatable bonds is 4. The van der Waals surface area contributed by atoms with Crippen molar-refractivity contribution in [3.05, 3.63) is 35.4 Å². The maximum absolute atomic E-state index is 12.0. The Balaban J connectivity index is 1.93. The van der Waals surface area contributed by atoms with Crippen LogP contribution in [0.4, 0.5) is 0 Å². The monoisotopic (exact) mass is 257 g/mol. The van der Waals surface area contributed by atoms with Gasteiger partial charge in [0.2, 0.25) is 0 Å². The number of carbonyl (C=O) groups excluding carboxylic acids is 1. The molecule has 1 aliphatic rings. The Hall–Kier alpha value is -1.79. The molecule has 0 heterocycles. The van der Waals surface area contributed by atoms with Crippen LogP contribution in [0.25, 0.3) is 0 Å². The molecule has 2 N–H and O–H groups in total. The lowest BCUT2D eigenvalue weighted by molar-refractivity contribution is 0.0936. The molecule has 0 spiro atoms. The lowest BCUT2D eigenvalue weighted by atomic mass is 10.1. The molecule has 1 aromatic carbocycles. The zero-order valence-electron chi connectivity index (χ0n) is 11.1. The Morgan fingerprint density at radius 1 is 1.42 bits per heavy atom. The van der Waals surface area contributed by atoms with Crippen molar-refractivity contribution in [2.45, 2.75) is 32.2 Å². The van der Waals surface area contributed by atoms with Crippen LogP contribution < -0.4 is 5.32 Å². The van der Waals surface area contributed by atoms with Crippen LogP contribution >= 0.6 is 0 Å². The van der Waals surface area contributed by atoms with Crippen LogP contribution in [0, 0.1) is 17.8 Å². The van der Waals surface area contributed by atoms with E-state index < -0.39 is 0 Å². The summed E-state index contributed by atoms with van der Waals surface area (Å²) in [5.41, 5.74) is 1.53. The first-order chi connectivity index (χ1) is 9.20. The van der Waals surface area contributed by atoms with Crippen LogP contribution in [0.3, 0.4) is 0 Å². The summed E-state index contributed by atoms with van der Waals surface area (Å²) in [4.78, 5) is 12.0. The van der Waals surface area contributed by atoms with E-state index in [9.17, 15) is 4.79 Å². The predicted molar refractivity (Wildman–Crippen MR) is 74.7 cm³/mol. The van der Waals surface area contributed by atoms with Gasteiger partial charge in [-0.15, -0.1) is 0 Å². The third-order valence-corrected chi connectivity index (χ3v) is 3.30. The molecule has 0 aromatic heterocycles. The van der Waals surface area contributed by atoms with Crippen LogP contribution in [0.15, 0.2) is 24.3 Å². The van der Waals surface area contributed by atoms with Crippen molar-refractivity contribution in [3.8, 4) is 11.8 Å². The molecule has 1 unspecified atom stereocenters. The summed E-state index contributed by atoms with van der Waals surface area (Å²) in [5, 5.41) is 11.7. The summed E-state index contributed by atoms with van der Waals surface area (Å²) in [6.45, 7) is 2.14. The molecular formula is C16H19NO2. The first-order valence-corrected chi connectivity index (χ1v) is 6.71. The summed E-state index contributed by atoms with van der Waals surface area (Å²) < 4.78 is 0. The molecular weight excluding hydrogens is 238 g/mol. The van der Waals surface area contributed by atoms with Crippen molar-refractivity contribution in [1.29, 1.82) is 0 Å². The van der Waals surface area contributed by atoms with E-state index in [1.807, 2.05) is 12.1 Å². The van der Waals surface area contributed by atoms with E-state index in [0.717, 1.165) is 5.56 Å². The second-order valence-corrected chi connectivity index (χ2v) is 4.95. The maximum Gasteiger partial charge on any atom is 0.251 e. The first-order valence-electron chi connectivity index (χ1n) is 6.71. The smallest absolute Gasteiger partial charge is 0.251 e. The average Bonchev–Trinajstić information content (AvgIpc) is 3.24. The SMILES string of the molecule is CC(NC(=O)c1ccc(C#CCCO)cc1)C1CC1. The van der Waals surface area contributed by atoms with E-state index in [4.69, 9.17) is 5.11 Å². The third-order valence-electron chi connectivity index (χ3n) is 3.30. The molecule has 0 bridgehead atoms. The highest BCUT2D eigenvalue weighted by Gasteiger charge is 2.28. The summed E-state index contributed by atoms with van der Waals surface area (Å²) in [6, 6.07) is 7.51. The fourth-order valence-electron chi connectivity index (χ4n) is 1.93. The summed E-state index contributed by atoms with van der Waals surface area (Å²) in [7, 11) is 0. The number of hydrogen-bond donors (Lipinski definition) is 2.